The van der Waals surface area contributed by atoms with Gasteiger partial charge in [0.2, 0.25) is 0 Å². The molecule has 4 heteroatoms. The SMILES string of the molecule is CNCc1cnccc1N(C)Cc1ccc(Cl)cc1. The standard InChI is InChI=1S/C15H18ClN3/c1-17-9-13-10-18-8-7-15(13)19(2)11-12-3-5-14(16)6-4-12/h3-8,10,17H,9,11H2,1-2H3. The number of anilines is 1. The molecule has 2 aromatic rings. The van der Waals surface area contributed by atoms with E-state index in [0.717, 1.165) is 18.1 Å². The van der Waals surface area contributed by atoms with Gasteiger partial charge in [-0.25, -0.2) is 0 Å². The first-order chi connectivity index (χ1) is 9.20. The number of hydrogen-bond donors (Lipinski definition) is 1. The molecular formula is C15H18ClN3. The van der Waals surface area contributed by atoms with E-state index in [1.807, 2.05) is 37.6 Å². The van der Waals surface area contributed by atoms with E-state index in [-0.39, 0.29) is 0 Å². The van der Waals surface area contributed by atoms with Crippen LogP contribution in [-0.4, -0.2) is 19.1 Å². The number of nitrogens with zero attached hydrogens (tertiary/aromatic N) is 2. The van der Waals surface area contributed by atoms with Crippen molar-refractivity contribution in [1.29, 1.82) is 0 Å². The van der Waals surface area contributed by atoms with E-state index in [1.165, 1.54) is 16.8 Å². The van der Waals surface area contributed by atoms with Crippen LogP contribution >= 0.6 is 11.6 Å². The summed E-state index contributed by atoms with van der Waals surface area (Å²) in [4.78, 5) is 6.40. The molecule has 0 bridgehead atoms. The average molecular weight is 276 g/mol. The summed E-state index contributed by atoms with van der Waals surface area (Å²) in [5.41, 5.74) is 3.62. The number of rotatable bonds is 5. The molecule has 0 radical (unpaired) electrons. The predicted octanol–water partition coefficient (Wildman–Crippen LogP) is 3.09. The third-order valence-corrected chi connectivity index (χ3v) is 3.24. The molecule has 1 aromatic heterocycles. The van der Waals surface area contributed by atoms with Gasteiger partial charge in [-0.2, -0.15) is 0 Å². The summed E-state index contributed by atoms with van der Waals surface area (Å²) in [5, 5.41) is 3.94. The Balaban J connectivity index is 2.15. The van der Waals surface area contributed by atoms with Crippen LogP contribution in [0.3, 0.4) is 0 Å². The number of hydrogen-bond acceptors (Lipinski definition) is 3. The number of benzene rings is 1. The second-order valence-electron chi connectivity index (χ2n) is 4.52. The summed E-state index contributed by atoms with van der Waals surface area (Å²) < 4.78 is 0. The smallest absolute Gasteiger partial charge is 0.0443 e. The largest absolute Gasteiger partial charge is 0.370 e. The second kappa shape index (κ2) is 6.55. The third-order valence-electron chi connectivity index (χ3n) is 2.99. The Morgan fingerprint density at radius 3 is 2.63 bits per heavy atom. The minimum atomic E-state index is 0.770. The van der Waals surface area contributed by atoms with Crippen LogP contribution in [0.5, 0.6) is 0 Å². The van der Waals surface area contributed by atoms with Crippen LogP contribution in [0.15, 0.2) is 42.7 Å². The molecule has 1 N–H and O–H groups in total. The summed E-state index contributed by atoms with van der Waals surface area (Å²) in [7, 11) is 4.03. The van der Waals surface area contributed by atoms with Crippen LogP contribution < -0.4 is 10.2 Å². The molecule has 0 aliphatic rings. The average Bonchev–Trinajstić information content (AvgIpc) is 2.42. The van der Waals surface area contributed by atoms with Crippen molar-refractivity contribution in [2.75, 3.05) is 19.0 Å². The molecule has 2 rings (SSSR count). The fourth-order valence-electron chi connectivity index (χ4n) is 2.07. The van der Waals surface area contributed by atoms with Crippen molar-refractivity contribution >= 4 is 17.3 Å². The zero-order valence-corrected chi connectivity index (χ0v) is 12.0. The molecule has 0 aliphatic carbocycles. The molecular weight excluding hydrogens is 258 g/mol. The molecule has 0 saturated heterocycles. The molecule has 0 atom stereocenters. The molecule has 0 unspecified atom stereocenters. The highest BCUT2D eigenvalue weighted by Crippen LogP contribution is 2.20. The maximum atomic E-state index is 5.90. The summed E-state index contributed by atoms with van der Waals surface area (Å²) in [6.07, 6.45) is 3.73. The Morgan fingerprint density at radius 2 is 1.95 bits per heavy atom. The zero-order chi connectivity index (χ0) is 13.7. The monoisotopic (exact) mass is 275 g/mol. The van der Waals surface area contributed by atoms with Crippen LogP contribution in [0, 0.1) is 0 Å². The zero-order valence-electron chi connectivity index (χ0n) is 11.2. The minimum Gasteiger partial charge on any atom is -0.370 e. The summed E-state index contributed by atoms with van der Waals surface area (Å²) in [6.45, 7) is 1.66. The Kier molecular flexibility index (Phi) is 4.77. The normalized spacial score (nSPS) is 10.5. The summed E-state index contributed by atoms with van der Waals surface area (Å²) in [5.74, 6) is 0. The molecule has 100 valence electrons. The Morgan fingerprint density at radius 1 is 1.21 bits per heavy atom. The summed E-state index contributed by atoms with van der Waals surface area (Å²) >= 11 is 5.90. The van der Waals surface area contributed by atoms with Gasteiger partial charge in [-0.05, 0) is 30.8 Å². The van der Waals surface area contributed by atoms with E-state index < -0.39 is 0 Å². The lowest BCUT2D eigenvalue weighted by Gasteiger charge is -2.22. The first-order valence-corrected chi connectivity index (χ1v) is 6.61. The molecule has 1 aromatic carbocycles. The maximum Gasteiger partial charge on any atom is 0.0443 e. The molecule has 0 amide bonds. The topological polar surface area (TPSA) is 28.2 Å². The Bertz CT molecular complexity index is 525. The van der Waals surface area contributed by atoms with Crippen molar-refractivity contribution in [3.63, 3.8) is 0 Å². The maximum absolute atomic E-state index is 5.90. The van der Waals surface area contributed by atoms with Gasteiger partial charge in [0.15, 0.2) is 0 Å². The van der Waals surface area contributed by atoms with Crippen molar-refractivity contribution in [3.8, 4) is 0 Å². The summed E-state index contributed by atoms with van der Waals surface area (Å²) in [6, 6.07) is 10.00. The molecule has 0 spiro atoms. The van der Waals surface area contributed by atoms with E-state index in [0.29, 0.717) is 0 Å². The highest BCUT2D eigenvalue weighted by molar-refractivity contribution is 6.30. The minimum absolute atomic E-state index is 0.770. The van der Waals surface area contributed by atoms with Gasteiger partial charge in [0.05, 0.1) is 0 Å². The fourth-order valence-corrected chi connectivity index (χ4v) is 2.19. The van der Waals surface area contributed by atoms with E-state index in [4.69, 9.17) is 11.6 Å². The van der Waals surface area contributed by atoms with E-state index >= 15 is 0 Å². The fraction of sp³-hybridized carbons (Fsp3) is 0.267. The van der Waals surface area contributed by atoms with Gasteiger partial charge in [-0.3, -0.25) is 4.98 Å². The molecule has 3 nitrogen and oxygen atoms in total. The lowest BCUT2D eigenvalue weighted by molar-refractivity contribution is 0.800. The van der Waals surface area contributed by atoms with Crippen LogP contribution in [-0.2, 0) is 13.1 Å². The molecule has 0 aliphatic heterocycles. The lowest BCUT2D eigenvalue weighted by Crippen LogP contribution is -2.19. The molecule has 1 heterocycles. The number of aromatic nitrogens is 1. The van der Waals surface area contributed by atoms with E-state index in [2.05, 4.69) is 34.4 Å². The van der Waals surface area contributed by atoms with Crippen molar-refractivity contribution in [2.24, 2.45) is 0 Å². The van der Waals surface area contributed by atoms with E-state index in [1.54, 1.807) is 0 Å². The van der Waals surface area contributed by atoms with Crippen molar-refractivity contribution in [1.82, 2.24) is 10.3 Å². The Hall–Kier alpha value is -1.58. The predicted molar refractivity (Wildman–Crippen MR) is 80.6 cm³/mol. The van der Waals surface area contributed by atoms with Gasteiger partial charge in [-0.1, -0.05) is 23.7 Å². The first kappa shape index (κ1) is 13.8. The number of halogens is 1. The molecule has 0 fully saturated rings. The van der Waals surface area contributed by atoms with Gasteiger partial charge in [0, 0.05) is 48.8 Å². The quantitative estimate of drug-likeness (QED) is 0.909. The van der Waals surface area contributed by atoms with Gasteiger partial charge >= 0.3 is 0 Å². The van der Waals surface area contributed by atoms with Gasteiger partial charge < -0.3 is 10.2 Å². The first-order valence-electron chi connectivity index (χ1n) is 6.24. The van der Waals surface area contributed by atoms with E-state index in [9.17, 15) is 0 Å². The lowest BCUT2D eigenvalue weighted by atomic mass is 10.1. The molecule has 0 saturated carbocycles. The second-order valence-corrected chi connectivity index (χ2v) is 4.95. The van der Waals surface area contributed by atoms with Gasteiger partial charge in [0.25, 0.3) is 0 Å². The Labute approximate surface area is 119 Å². The van der Waals surface area contributed by atoms with Crippen LogP contribution in [0.25, 0.3) is 0 Å². The van der Waals surface area contributed by atoms with Crippen molar-refractivity contribution in [3.05, 3.63) is 58.9 Å². The van der Waals surface area contributed by atoms with Gasteiger partial charge in [0.1, 0.15) is 0 Å². The van der Waals surface area contributed by atoms with Crippen molar-refractivity contribution in [2.45, 2.75) is 13.1 Å². The van der Waals surface area contributed by atoms with Gasteiger partial charge in [-0.15, -0.1) is 0 Å². The van der Waals surface area contributed by atoms with Crippen LogP contribution in [0.2, 0.25) is 5.02 Å². The highest BCUT2D eigenvalue weighted by Gasteiger charge is 2.07. The number of nitrogens with one attached hydrogen (secondary N) is 1. The van der Waals surface area contributed by atoms with Crippen LogP contribution in [0.1, 0.15) is 11.1 Å². The highest BCUT2D eigenvalue weighted by atomic mass is 35.5. The van der Waals surface area contributed by atoms with Crippen LogP contribution in [0.4, 0.5) is 5.69 Å². The number of pyridine rings is 1. The third kappa shape index (κ3) is 3.69. The molecule has 19 heavy (non-hydrogen) atoms. The van der Waals surface area contributed by atoms with Crippen molar-refractivity contribution < 1.29 is 0 Å².